The van der Waals surface area contributed by atoms with Crippen LogP contribution in [0.25, 0.3) is 0 Å². The number of benzene rings is 2. The molecule has 0 saturated heterocycles. The van der Waals surface area contributed by atoms with E-state index in [0.717, 1.165) is 17.0 Å². The van der Waals surface area contributed by atoms with Crippen LogP contribution in [0.2, 0.25) is 5.02 Å². The molecular formula is C18H18ClNO2S. The highest BCUT2D eigenvalue weighted by Crippen LogP contribution is 2.37. The number of para-hydroxylation sites is 2. The van der Waals surface area contributed by atoms with Gasteiger partial charge in [0.2, 0.25) is 0 Å². The van der Waals surface area contributed by atoms with Gasteiger partial charge in [-0.3, -0.25) is 4.79 Å². The molecule has 0 bridgehead atoms. The second-order valence-corrected chi connectivity index (χ2v) is 7.34. The average Bonchev–Trinajstić information content (AvgIpc) is 2.72. The van der Waals surface area contributed by atoms with Gasteiger partial charge in [0, 0.05) is 16.7 Å². The van der Waals surface area contributed by atoms with Crippen LogP contribution in [0.15, 0.2) is 53.4 Å². The molecule has 5 heteroatoms. The Labute approximate surface area is 145 Å². The maximum atomic E-state index is 12.7. The van der Waals surface area contributed by atoms with Crippen molar-refractivity contribution in [3.05, 3.63) is 53.6 Å². The van der Waals surface area contributed by atoms with Gasteiger partial charge in [-0.2, -0.15) is 0 Å². The number of fused-ring (bicyclic) bond motifs is 1. The summed E-state index contributed by atoms with van der Waals surface area (Å²) in [6, 6.07) is 15.2. The fourth-order valence-electron chi connectivity index (χ4n) is 2.53. The van der Waals surface area contributed by atoms with E-state index in [1.807, 2.05) is 47.0 Å². The molecule has 0 radical (unpaired) electrons. The van der Waals surface area contributed by atoms with Crippen LogP contribution in [0.1, 0.15) is 13.3 Å². The van der Waals surface area contributed by atoms with Gasteiger partial charge in [0.15, 0.2) is 6.61 Å². The quantitative estimate of drug-likeness (QED) is 0.810. The molecule has 1 atom stereocenters. The zero-order chi connectivity index (χ0) is 16.2. The zero-order valence-corrected chi connectivity index (χ0v) is 14.4. The third-order valence-electron chi connectivity index (χ3n) is 3.73. The van der Waals surface area contributed by atoms with Gasteiger partial charge in [0.1, 0.15) is 5.75 Å². The summed E-state index contributed by atoms with van der Waals surface area (Å²) in [4.78, 5) is 15.6. The number of hydrogen-bond acceptors (Lipinski definition) is 3. The van der Waals surface area contributed by atoms with Crippen molar-refractivity contribution in [2.24, 2.45) is 0 Å². The van der Waals surface area contributed by atoms with Crippen LogP contribution >= 0.6 is 23.4 Å². The van der Waals surface area contributed by atoms with Crippen LogP contribution in [0.5, 0.6) is 5.75 Å². The Morgan fingerprint density at radius 1 is 1.26 bits per heavy atom. The monoisotopic (exact) mass is 347 g/mol. The molecule has 1 aliphatic heterocycles. The lowest BCUT2D eigenvalue weighted by Gasteiger charge is -2.22. The highest BCUT2D eigenvalue weighted by Gasteiger charge is 2.24. The maximum Gasteiger partial charge on any atom is 0.264 e. The van der Waals surface area contributed by atoms with E-state index in [1.54, 1.807) is 12.1 Å². The fraction of sp³-hybridized carbons (Fsp3) is 0.278. The molecule has 1 unspecified atom stereocenters. The zero-order valence-electron chi connectivity index (χ0n) is 12.9. The van der Waals surface area contributed by atoms with Gasteiger partial charge in [-0.15, -0.1) is 11.8 Å². The first-order valence-electron chi connectivity index (χ1n) is 7.58. The number of nitrogens with zero attached hydrogens (tertiary/aromatic N) is 1. The number of hydrogen-bond donors (Lipinski definition) is 0. The van der Waals surface area contributed by atoms with Crippen molar-refractivity contribution in [3.63, 3.8) is 0 Å². The summed E-state index contributed by atoms with van der Waals surface area (Å²) >= 11 is 7.88. The van der Waals surface area contributed by atoms with Crippen molar-refractivity contribution in [3.8, 4) is 5.75 Å². The normalized spacial score (nSPS) is 17.3. The number of amides is 1. The van der Waals surface area contributed by atoms with E-state index in [2.05, 4.69) is 13.0 Å². The summed E-state index contributed by atoms with van der Waals surface area (Å²) in [5, 5.41) is 0.999. The maximum absolute atomic E-state index is 12.7. The number of halogens is 1. The molecule has 0 saturated carbocycles. The Kier molecular flexibility index (Phi) is 5.13. The second kappa shape index (κ2) is 7.28. The molecule has 0 fully saturated rings. The van der Waals surface area contributed by atoms with Crippen molar-refractivity contribution in [1.29, 1.82) is 0 Å². The van der Waals surface area contributed by atoms with E-state index in [0.29, 0.717) is 22.6 Å². The van der Waals surface area contributed by atoms with E-state index >= 15 is 0 Å². The van der Waals surface area contributed by atoms with Gasteiger partial charge in [-0.25, -0.2) is 0 Å². The van der Waals surface area contributed by atoms with Gasteiger partial charge in [-0.1, -0.05) is 42.8 Å². The molecule has 1 amide bonds. The Balaban J connectivity index is 1.75. The van der Waals surface area contributed by atoms with Crippen molar-refractivity contribution >= 4 is 35.0 Å². The van der Waals surface area contributed by atoms with Gasteiger partial charge >= 0.3 is 0 Å². The molecule has 0 N–H and O–H groups in total. The van der Waals surface area contributed by atoms with E-state index in [-0.39, 0.29) is 12.5 Å². The predicted molar refractivity (Wildman–Crippen MR) is 95.7 cm³/mol. The van der Waals surface area contributed by atoms with Gasteiger partial charge < -0.3 is 9.64 Å². The number of anilines is 1. The second-order valence-electron chi connectivity index (χ2n) is 5.45. The number of rotatable bonds is 3. The standard InChI is InChI=1S/C18H18ClNO2S/c1-13-10-11-20(15-7-3-5-9-17(15)23-13)18(21)12-22-16-8-4-2-6-14(16)19/h2-9,13H,10-12H2,1H3. The highest BCUT2D eigenvalue weighted by atomic mass is 35.5. The molecule has 2 aromatic rings. The summed E-state index contributed by atoms with van der Waals surface area (Å²) in [7, 11) is 0. The van der Waals surface area contributed by atoms with Crippen LogP contribution in [0.3, 0.4) is 0 Å². The largest absolute Gasteiger partial charge is 0.482 e. The third kappa shape index (κ3) is 3.82. The molecule has 2 aromatic carbocycles. The van der Waals surface area contributed by atoms with Crippen molar-refractivity contribution < 1.29 is 9.53 Å². The minimum atomic E-state index is -0.0490. The predicted octanol–water partition coefficient (Wildman–Crippen LogP) is 4.64. The fourth-order valence-corrected chi connectivity index (χ4v) is 3.83. The van der Waals surface area contributed by atoms with Crippen molar-refractivity contribution in [2.45, 2.75) is 23.5 Å². The van der Waals surface area contributed by atoms with Gasteiger partial charge in [-0.05, 0) is 30.7 Å². The minimum Gasteiger partial charge on any atom is -0.482 e. The lowest BCUT2D eigenvalue weighted by atomic mass is 10.2. The average molecular weight is 348 g/mol. The first kappa shape index (κ1) is 16.2. The summed E-state index contributed by atoms with van der Waals surface area (Å²) in [5.41, 5.74) is 0.967. The van der Waals surface area contributed by atoms with E-state index in [9.17, 15) is 4.79 Å². The third-order valence-corrected chi connectivity index (χ3v) is 5.28. The first-order chi connectivity index (χ1) is 11.1. The molecule has 3 rings (SSSR count). The molecule has 0 aliphatic carbocycles. The Morgan fingerprint density at radius 3 is 2.83 bits per heavy atom. The van der Waals surface area contributed by atoms with E-state index in [1.165, 1.54) is 0 Å². The molecular weight excluding hydrogens is 330 g/mol. The van der Waals surface area contributed by atoms with Crippen LogP contribution in [-0.2, 0) is 4.79 Å². The number of thioether (sulfide) groups is 1. The van der Waals surface area contributed by atoms with Gasteiger partial charge in [0.05, 0.1) is 10.7 Å². The summed E-state index contributed by atoms with van der Waals surface area (Å²) < 4.78 is 5.60. The van der Waals surface area contributed by atoms with E-state index < -0.39 is 0 Å². The van der Waals surface area contributed by atoms with Crippen LogP contribution in [-0.4, -0.2) is 24.3 Å². The summed E-state index contributed by atoms with van der Waals surface area (Å²) in [6.07, 6.45) is 0.956. The molecule has 1 heterocycles. The number of carbonyl (C=O) groups excluding carboxylic acids is 1. The lowest BCUT2D eigenvalue weighted by molar-refractivity contribution is -0.120. The van der Waals surface area contributed by atoms with Crippen molar-refractivity contribution in [2.75, 3.05) is 18.1 Å². The van der Waals surface area contributed by atoms with Crippen molar-refractivity contribution in [1.82, 2.24) is 0 Å². The molecule has 0 aromatic heterocycles. The summed E-state index contributed by atoms with van der Waals surface area (Å²) in [5.74, 6) is 0.487. The molecule has 0 spiro atoms. The SMILES string of the molecule is CC1CCN(C(=O)COc2ccccc2Cl)c2ccccc2S1. The minimum absolute atomic E-state index is 0.0168. The molecule has 23 heavy (non-hydrogen) atoms. The molecule has 3 nitrogen and oxygen atoms in total. The lowest BCUT2D eigenvalue weighted by Crippen LogP contribution is -2.36. The molecule has 120 valence electrons. The molecule has 1 aliphatic rings. The number of ether oxygens (including phenoxy) is 1. The topological polar surface area (TPSA) is 29.5 Å². The highest BCUT2D eigenvalue weighted by molar-refractivity contribution is 8.00. The van der Waals surface area contributed by atoms with Crippen LogP contribution < -0.4 is 9.64 Å². The van der Waals surface area contributed by atoms with E-state index in [4.69, 9.17) is 16.3 Å². The summed E-state index contributed by atoms with van der Waals surface area (Å²) in [6.45, 7) is 2.88. The van der Waals surface area contributed by atoms with Gasteiger partial charge in [0.25, 0.3) is 5.91 Å². The van der Waals surface area contributed by atoms with Crippen LogP contribution in [0, 0.1) is 0 Å². The Hall–Kier alpha value is -1.65. The Bertz CT molecular complexity index is 707. The smallest absolute Gasteiger partial charge is 0.264 e. The van der Waals surface area contributed by atoms with Crippen LogP contribution in [0.4, 0.5) is 5.69 Å². The Morgan fingerprint density at radius 2 is 2.00 bits per heavy atom. The number of carbonyl (C=O) groups is 1. The first-order valence-corrected chi connectivity index (χ1v) is 8.84.